The van der Waals surface area contributed by atoms with Gasteiger partial charge in [-0.25, -0.2) is 0 Å². The Hall–Kier alpha value is -1.39. The van der Waals surface area contributed by atoms with Crippen molar-refractivity contribution in [2.45, 2.75) is 113 Å². The normalized spacial score (nSPS) is 18.0. The van der Waals surface area contributed by atoms with Crippen LogP contribution in [0.1, 0.15) is 102 Å². The van der Waals surface area contributed by atoms with Crippen molar-refractivity contribution in [1.29, 1.82) is 5.16 Å². The molecule has 0 unspecified atom stereocenters. The second kappa shape index (κ2) is 21.2. The van der Waals surface area contributed by atoms with Crippen molar-refractivity contribution in [2.75, 3.05) is 0 Å². The first kappa shape index (κ1) is 38.8. The van der Waals surface area contributed by atoms with Crippen LogP contribution in [0.15, 0.2) is 121 Å². The zero-order valence-electron chi connectivity index (χ0n) is 29.0. The molecule has 3 fully saturated rings. The van der Waals surface area contributed by atoms with Crippen molar-refractivity contribution in [3.63, 3.8) is 0 Å². The summed E-state index contributed by atoms with van der Waals surface area (Å²) in [4.78, 5) is 0. The second-order valence-electron chi connectivity index (χ2n) is 13.9. The van der Waals surface area contributed by atoms with Gasteiger partial charge in [-0.2, -0.15) is 0 Å². The molecule has 6 heteroatoms. The molecule has 0 radical (unpaired) electrons. The van der Waals surface area contributed by atoms with Crippen molar-refractivity contribution in [2.24, 2.45) is 0 Å². The monoisotopic (exact) mass is 820 g/mol. The molecule has 3 aliphatic rings. The van der Waals surface area contributed by atoms with E-state index in [1.54, 1.807) is 96.3 Å². The van der Waals surface area contributed by atoms with Crippen LogP contribution in [-0.2, 0) is 13.5 Å². The third-order valence-corrected chi connectivity index (χ3v) is 20.3. The molecular formula is C43H56Cl2NP2Ru+. The van der Waals surface area contributed by atoms with Crippen LogP contribution in [0.25, 0.3) is 0 Å². The van der Waals surface area contributed by atoms with Crippen LogP contribution in [0, 0.1) is 5.16 Å². The number of rotatable bonds is 7. The minimum atomic E-state index is -2.28. The first-order valence-electron chi connectivity index (χ1n) is 18.6. The molecule has 0 spiro atoms. The van der Waals surface area contributed by atoms with Crippen LogP contribution >= 0.6 is 34.4 Å². The maximum atomic E-state index is 9.25. The van der Waals surface area contributed by atoms with E-state index in [4.69, 9.17) is 19.4 Å². The Labute approximate surface area is 311 Å². The summed E-state index contributed by atoms with van der Waals surface area (Å²) in [5.41, 5.74) is 4.80. The van der Waals surface area contributed by atoms with E-state index in [2.05, 4.69) is 36.4 Å². The summed E-state index contributed by atoms with van der Waals surface area (Å²) < 4.78 is 1.92. The Morgan fingerprint density at radius 1 is 0.469 bits per heavy atom. The average Bonchev–Trinajstić information content (AvgIpc) is 3.18. The summed E-state index contributed by atoms with van der Waals surface area (Å²) in [7, 11) is 9.01. The fourth-order valence-corrected chi connectivity index (χ4v) is 18.1. The van der Waals surface area contributed by atoms with Crippen LogP contribution in [0.2, 0.25) is 0 Å². The predicted molar refractivity (Wildman–Crippen MR) is 220 cm³/mol. The molecule has 264 valence electrons. The van der Waals surface area contributed by atoms with Gasteiger partial charge in [0, 0.05) is 7.92 Å². The van der Waals surface area contributed by atoms with Gasteiger partial charge in [0.1, 0.15) is 0 Å². The average molecular weight is 821 g/mol. The van der Waals surface area contributed by atoms with Crippen LogP contribution < -0.4 is 15.9 Å². The van der Waals surface area contributed by atoms with Gasteiger partial charge in [0.2, 0.25) is 0 Å². The van der Waals surface area contributed by atoms with Gasteiger partial charge in [0.15, 0.2) is 0 Å². The Kier molecular flexibility index (Phi) is 16.8. The summed E-state index contributed by atoms with van der Waals surface area (Å²) in [6.07, 6.45) is 23.8. The number of hydrogen-bond donors (Lipinski definition) is 1. The summed E-state index contributed by atoms with van der Waals surface area (Å²) in [6.45, 7) is 0. The molecule has 7 rings (SSSR count). The van der Waals surface area contributed by atoms with Gasteiger partial charge in [0.05, 0.1) is 24.0 Å². The number of nitrogens with one attached hydrogen (secondary N) is 1. The van der Waals surface area contributed by atoms with Crippen molar-refractivity contribution in [3.8, 4) is 0 Å². The SMILES string of the molecule is C1CCC([PH+](C2CCCCC2)C2CCCCC2)CC1.N=P(c1ccccc1)(c1ccccc1)c1ccccc1.[Cl][Ru]([Cl])=[CH]c1ccccc1. The fraction of sp³-hybridized carbons (Fsp3) is 0.419. The van der Waals surface area contributed by atoms with E-state index >= 15 is 0 Å². The molecule has 1 N–H and O–H groups in total. The fourth-order valence-electron chi connectivity index (χ4n) is 8.32. The van der Waals surface area contributed by atoms with Gasteiger partial charge in [-0.05, 0) is 93.0 Å². The van der Waals surface area contributed by atoms with E-state index in [0.717, 1.165) is 21.5 Å². The quantitative estimate of drug-likeness (QED) is 0.142. The van der Waals surface area contributed by atoms with E-state index < -0.39 is 20.6 Å². The summed E-state index contributed by atoms with van der Waals surface area (Å²) >= 11 is -1.61. The van der Waals surface area contributed by atoms with Gasteiger partial charge >= 0.3 is 73.4 Å². The van der Waals surface area contributed by atoms with Gasteiger partial charge in [-0.1, -0.05) is 110 Å². The number of benzene rings is 4. The van der Waals surface area contributed by atoms with Crippen LogP contribution in [-0.4, -0.2) is 21.6 Å². The third kappa shape index (κ3) is 11.8. The Balaban J connectivity index is 0.000000151. The molecule has 0 bridgehead atoms. The Bertz CT molecular complexity index is 1400. The van der Waals surface area contributed by atoms with Crippen LogP contribution in [0.3, 0.4) is 0 Å². The molecular weight excluding hydrogens is 764 g/mol. The molecule has 0 saturated heterocycles. The van der Waals surface area contributed by atoms with Gasteiger partial charge < -0.3 is 5.16 Å². The standard InChI is InChI=1S/C18H16NP.C18H33P.C7H6.2ClH.Ru/c19-20(16-10-4-1-5-11-16,17-12-6-2-7-13-17)18-14-8-3-9-15-18;1-4-10-16(11-5-1)19(17-12-6-2-7-13-17)18-14-8-3-9-15-18;1-7-5-3-2-4-6-7;;;/h1-15,19H;16-18H,1-15H2;1-6H;2*1H;/q;;;;;+2/p-1. The molecule has 0 amide bonds. The van der Waals surface area contributed by atoms with Crippen molar-refractivity contribution >= 4 is 54.9 Å². The Morgan fingerprint density at radius 2 is 0.755 bits per heavy atom. The minimum absolute atomic E-state index is 0.0465. The molecule has 3 aliphatic carbocycles. The zero-order chi connectivity index (χ0) is 34.2. The van der Waals surface area contributed by atoms with E-state index in [-0.39, 0.29) is 7.92 Å². The van der Waals surface area contributed by atoms with Crippen molar-refractivity contribution in [1.82, 2.24) is 0 Å². The van der Waals surface area contributed by atoms with Crippen LogP contribution in [0.4, 0.5) is 0 Å². The van der Waals surface area contributed by atoms with E-state index in [0.29, 0.717) is 0 Å². The third-order valence-electron chi connectivity index (χ3n) is 10.7. The first-order valence-corrected chi connectivity index (χ1v) is 27.6. The second-order valence-corrected chi connectivity index (χ2v) is 26.0. The molecule has 1 nitrogen and oxygen atoms in total. The van der Waals surface area contributed by atoms with E-state index in [1.165, 1.54) is 17.0 Å². The first-order chi connectivity index (χ1) is 24.1. The van der Waals surface area contributed by atoms with Gasteiger partial charge in [-0.15, -0.1) is 0 Å². The maximum absolute atomic E-state index is 9.25. The van der Waals surface area contributed by atoms with Crippen LogP contribution in [0.5, 0.6) is 0 Å². The van der Waals surface area contributed by atoms with Crippen molar-refractivity contribution < 1.29 is 13.5 Å². The Morgan fingerprint density at radius 3 is 1.04 bits per heavy atom. The molecule has 4 aromatic rings. The summed E-state index contributed by atoms with van der Waals surface area (Å²) in [5, 5.41) is 12.5. The number of halogens is 2. The predicted octanol–water partition coefficient (Wildman–Crippen LogP) is 12.7. The molecule has 0 aromatic heterocycles. The molecule has 0 atom stereocenters. The van der Waals surface area contributed by atoms with E-state index in [9.17, 15) is 5.16 Å². The molecule has 49 heavy (non-hydrogen) atoms. The van der Waals surface area contributed by atoms with Crippen molar-refractivity contribution in [3.05, 3.63) is 127 Å². The van der Waals surface area contributed by atoms with E-state index in [1.807, 2.05) is 89.5 Å². The zero-order valence-corrected chi connectivity index (χ0v) is 34.2. The molecule has 4 aromatic carbocycles. The molecule has 3 saturated carbocycles. The molecule has 0 aliphatic heterocycles. The summed E-state index contributed by atoms with van der Waals surface area (Å²) in [6, 6.07) is 40.4. The van der Waals surface area contributed by atoms with Gasteiger partial charge in [0.25, 0.3) is 0 Å². The van der Waals surface area contributed by atoms with Gasteiger partial charge in [-0.3, -0.25) is 0 Å². The number of hydrogen-bond acceptors (Lipinski definition) is 1. The topological polar surface area (TPSA) is 23.9 Å². The summed E-state index contributed by atoms with van der Waals surface area (Å²) in [5.74, 6) is 0. The molecule has 0 heterocycles.